The Bertz CT molecular complexity index is 689. The van der Waals surface area contributed by atoms with E-state index in [9.17, 15) is 4.39 Å². The lowest BCUT2D eigenvalue weighted by Crippen LogP contribution is -2.37. The Morgan fingerprint density at radius 2 is 1.83 bits per heavy atom. The quantitative estimate of drug-likeness (QED) is 0.620. The molecule has 0 amide bonds. The summed E-state index contributed by atoms with van der Waals surface area (Å²) in [4.78, 5) is 4.16. The van der Waals surface area contributed by atoms with Gasteiger partial charge in [0.2, 0.25) is 0 Å². The number of hydrogen-bond donors (Lipinski definition) is 2. The van der Waals surface area contributed by atoms with Crippen molar-refractivity contribution >= 4 is 17.6 Å². The Hall–Kier alpha value is -2.27. The molecular formula is C18H21ClFN3O. The molecule has 24 heavy (non-hydrogen) atoms. The number of nitrogens with zero attached hydrogens (tertiary/aromatic N) is 1. The Labute approximate surface area is 146 Å². The van der Waals surface area contributed by atoms with E-state index in [2.05, 4.69) is 15.6 Å². The van der Waals surface area contributed by atoms with Gasteiger partial charge in [0.15, 0.2) is 17.5 Å². The lowest BCUT2D eigenvalue weighted by Gasteiger charge is -2.12. The number of benzene rings is 2. The fourth-order valence-electron chi connectivity index (χ4n) is 2.20. The lowest BCUT2D eigenvalue weighted by atomic mass is 10.1. The van der Waals surface area contributed by atoms with E-state index >= 15 is 0 Å². The van der Waals surface area contributed by atoms with Crippen molar-refractivity contribution in [2.75, 3.05) is 20.7 Å². The second kappa shape index (κ2) is 9.13. The summed E-state index contributed by atoms with van der Waals surface area (Å²) in [6.07, 6.45) is 0.856. The lowest BCUT2D eigenvalue weighted by molar-refractivity contribution is 0.386. The summed E-state index contributed by atoms with van der Waals surface area (Å²) in [7, 11) is 3.15. The van der Waals surface area contributed by atoms with Crippen molar-refractivity contribution in [3.63, 3.8) is 0 Å². The molecule has 0 radical (unpaired) electrons. The molecule has 0 aliphatic carbocycles. The third kappa shape index (κ3) is 5.42. The zero-order valence-corrected chi connectivity index (χ0v) is 14.5. The standard InChI is InChI=1S/C18H21ClFN3O/c1-21-18(22-10-9-13-3-6-15(19)7-4-13)23-12-14-5-8-17(24-2)16(20)11-14/h3-8,11H,9-10,12H2,1-2H3,(H2,21,22,23). The maximum absolute atomic E-state index is 13.7. The van der Waals surface area contributed by atoms with Gasteiger partial charge >= 0.3 is 0 Å². The summed E-state index contributed by atoms with van der Waals surface area (Å²) in [6.45, 7) is 1.21. The molecule has 0 saturated heterocycles. The maximum Gasteiger partial charge on any atom is 0.191 e. The fraction of sp³-hybridized carbons (Fsp3) is 0.278. The van der Waals surface area contributed by atoms with Crippen LogP contribution in [0.3, 0.4) is 0 Å². The zero-order valence-electron chi connectivity index (χ0n) is 13.8. The van der Waals surface area contributed by atoms with Gasteiger partial charge in [-0.2, -0.15) is 0 Å². The summed E-state index contributed by atoms with van der Waals surface area (Å²) < 4.78 is 18.6. The topological polar surface area (TPSA) is 45.7 Å². The first-order valence-electron chi connectivity index (χ1n) is 7.63. The number of hydrogen-bond acceptors (Lipinski definition) is 2. The van der Waals surface area contributed by atoms with Crippen LogP contribution in [-0.2, 0) is 13.0 Å². The molecular weight excluding hydrogens is 329 g/mol. The summed E-state index contributed by atoms with van der Waals surface area (Å²) in [5.41, 5.74) is 2.01. The van der Waals surface area contributed by atoms with Crippen molar-refractivity contribution in [1.29, 1.82) is 0 Å². The highest BCUT2D eigenvalue weighted by atomic mass is 35.5. The average molecular weight is 350 g/mol. The molecule has 4 nitrogen and oxygen atoms in total. The number of methoxy groups -OCH3 is 1. The molecule has 0 aliphatic rings. The molecule has 6 heteroatoms. The van der Waals surface area contributed by atoms with Gasteiger partial charge in [0.1, 0.15) is 0 Å². The van der Waals surface area contributed by atoms with Crippen LogP contribution in [-0.4, -0.2) is 26.7 Å². The van der Waals surface area contributed by atoms with Gasteiger partial charge in [0.25, 0.3) is 0 Å². The molecule has 0 bridgehead atoms. The Morgan fingerprint density at radius 3 is 2.46 bits per heavy atom. The molecule has 128 valence electrons. The summed E-state index contributed by atoms with van der Waals surface area (Å²) in [5, 5.41) is 7.12. The highest BCUT2D eigenvalue weighted by molar-refractivity contribution is 6.30. The van der Waals surface area contributed by atoms with Crippen LogP contribution in [0.4, 0.5) is 4.39 Å². The van der Waals surface area contributed by atoms with Crippen LogP contribution in [0.5, 0.6) is 5.75 Å². The van der Waals surface area contributed by atoms with Gasteiger partial charge in [0, 0.05) is 25.2 Å². The number of nitrogens with one attached hydrogen (secondary N) is 2. The van der Waals surface area contributed by atoms with E-state index in [0.717, 1.165) is 23.6 Å². The van der Waals surface area contributed by atoms with Crippen molar-refractivity contribution in [2.45, 2.75) is 13.0 Å². The molecule has 0 unspecified atom stereocenters. The molecule has 0 atom stereocenters. The fourth-order valence-corrected chi connectivity index (χ4v) is 2.33. The van der Waals surface area contributed by atoms with Gasteiger partial charge in [0.05, 0.1) is 7.11 Å². The van der Waals surface area contributed by atoms with Crippen molar-refractivity contribution in [3.05, 3.63) is 64.4 Å². The minimum atomic E-state index is -0.373. The monoisotopic (exact) mass is 349 g/mol. The van der Waals surface area contributed by atoms with Crippen LogP contribution in [0.2, 0.25) is 5.02 Å². The first kappa shape index (κ1) is 18.1. The molecule has 2 aromatic carbocycles. The molecule has 2 rings (SSSR count). The molecule has 0 aromatic heterocycles. The normalized spacial score (nSPS) is 11.2. The molecule has 0 saturated carbocycles. The van der Waals surface area contributed by atoms with Crippen LogP contribution in [0, 0.1) is 5.82 Å². The molecule has 0 spiro atoms. The van der Waals surface area contributed by atoms with E-state index in [0.29, 0.717) is 12.5 Å². The summed E-state index contributed by atoms with van der Waals surface area (Å²) >= 11 is 5.87. The third-order valence-corrected chi connectivity index (χ3v) is 3.77. The SMILES string of the molecule is CN=C(NCCc1ccc(Cl)cc1)NCc1ccc(OC)c(F)c1. The number of aliphatic imine (C=N–C) groups is 1. The van der Waals surface area contributed by atoms with Crippen molar-refractivity contribution in [3.8, 4) is 5.75 Å². The zero-order chi connectivity index (χ0) is 17.4. The van der Waals surface area contributed by atoms with Crippen LogP contribution < -0.4 is 15.4 Å². The largest absolute Gasteiger partial charge is 0.494 e. The Balaban J connectivity index is 1.80. The number of guanidine groups is 1. The third-order valence-electron chi connectivity index (χ3n) is 3.52. The first-order valence-corrected chi connectivity index (χ1v) is 8.01. The van der Waals surface area contributed by atoms with Gasteiger partial charge in [-0.05, 0) is 41.8 Å². The van der Waals surface area contributed by atoms with E-state index in [4.69, 9.17) is 16.3 Å². The minimum absolute atomic E-state index is 0.240. The second-order valence-corrected chi connectivity index (χ2v) is 5.63. The van der Waals surface area contributed by atoms with Gasteiger partial charge in [-0.1, -0.05) is 29.8 Å². The Kier molecular flexibility index (Phi) is 6.88. The van der Waals surface area contributed by atoms with Gasteiger partial charge in [-0.3, -0.25) is 4.99 Å². The van der Waals surface area contributed by atoms with Crippen LogP contribution in [0.25, 0.3) is 0 Å². The van der Waals surface area contributed by atoms with Crippen molar-refractivity contribution in [2.24, 2.45) is 4.99 Å². The predicted octanol–water partition coefficient (Wildman–Crippen LogP) is 3.40. The van der Waals surface area contributed by atoms with Crippen molar-refractivity contribution < 1.29 is 9.13 Å². The number of halogens is 2. The average Bonchev–Trinajstić information content (AvgIpc) is 2.59. The smallest absolute Gasteiger partial charge is 0.191 e. The minimum Gasteiger partial charge on any atom is -0.494 e. The summed E-state index contributed by atoms with van der Waals surface area (Å²) in [6, 6.07) is 12.6. The van der Waals surface area contributed by atoms with Gasteiger partial charge < -0.3 is 15.4 Å². The van der Waals surface area contributed by atoms with Crippen LogP contribution in [0.15, 0.2) is 47.5 Å². The van der Waals surface area contributed by atoms with E-state index in [1.807, 2.05) is 30.3 Å². The van der Waals surface area contributed by atoms with E-state index < -0.39 is 0 Å². The molecule has 0 fully saturated rings. The number of ether oxygens (including phenoxy) is 1. The van der Waals surface area contributed by atoms with Gasteiger partial charge in [-0.25, -0.2) is 4.39 Å². The maximum atomic E-state index is 13.7. The van der Waals surface area contributed by atoms with E-state index in [-0.39, 0.29) is 11.6 Å². The van der Waals surface area contributed by atoms with Crippen LogP contribution >= 0.6 is 11.6 Å². The molecule has 0 aliphatic heterocycles. The first-order chi connectivity index (χ1) is 11.6. The highest BCUT2D eigenvalue weighted by Gasteiger charge is 2.04. The summed E-state index contributed by atoms with van der Waals surface area (Å²) in [5.74, 6) is 0.534. The highest BCUT2D eigenvalue weighted by Crippen LogP contribution is 2.17. The second-order valence-electron chi connectivity index (χ2n) is 5.20. The van der Waals surface area contributed by atoms with E-state index in [1.165, 1.54) is 18.7 Å². The number of rotatable bonds is 6. The van der Waals surface area contributed by atoms with Crippen molar-refractivity contribution in [1.82, 2.24) is 10.6 Å². The molecule has 2 N–H and O–H groups in total. The van der Waals surface area contributed by atoms with Crippen LogP contribution in [0.1, 0.15) is 11.1 Å². The predicted molar refractivity (Wildman–Crippen MR) is 96.3 cm³/mol. The molecule has 2 aromatic rings. The Morgan fingerprint density at radius 1 is 1.12 bits per heavy atom. The van der Waals surface area contributed by atoms with Gasteiger partial charge in [-0.15, -0.1) is 0 Å². The van der Waals surface area contributed by atoms with E-state index in [1.54, 1.807) is 13.1 Å². The molecule has 0 heterocycles.